The molecule has 1 saturated heterocycles. The van der Waals surface area contributed by atoms with Gasteiger partial charge in [0, 0.05) is 32.0 Å². The fourth-order valence-corrected chi connectivity index (χ4v) is 3.93. The molecule has 2 atom stereocenters. The molecule has 7 heteroatoms. The lowest BCUT2D eigenvalue weighted by Crippen LogP contribution is -2.37. The molecule has 0 radical (unpaired) electrons. The highest BCUT2D eigenvalue weighted by molar-refractivity contribution is 5.83. The Hall–Kier alpha value is -2.44. The van der Waals surface area contributed by atoms with Crippen LogP contribution in [0.2, 0.25) is 0 Å². The van der Waals surface area contributed by atoms with Gasteiger partial charge in [-0.05, 0) is 29.0 Å². The second-order valence-corrected chi connectivity index (χ2v) is 9.85. The number of likely N-dealkylation sites (tertiary alicyclic amines) is 1. The minimum atomic E-state index is -0.342. The molecule has 31 heavy (non-hydrogen) atoms. The number of amides is 2. The molecule has 1 aromatic carbocycles. The summed E-state index contributed by atoms with van der Waals surface area (Å²) in [4.78, 5) is 27.8. The fourth-order valence-electron chi connectivity index (χ4n) is 3.93. The third kappa shape index (κ3) is 6.28. The van der Waals surface area contributed by atoms with Crippen molar-refractivity contribution < 1.29 is 23.8 Å². The third-order valence-corrected chi connectivity index (χ3v) is 5.49. The smallest absolute Gasteiger partial charge is 0.225 e. The zero-order valence-electron chi connectivity index (χ0n) is 20.2. The molecule has 174 valence electrons. The topological polar surface area (TPSA) is 77.1 Å². The number of nitrogens with zero attached hydrogens (tertiary/aromatic N) is 1. The minimum absolute atomic E-state index is 0.0292. The van der Waals surface area contributed by atoms with Crippen molar-refractivity contribution in [1.82, 2.24) is 10.2 Å². The molecule has 1 fully saturated rings. The summed E-state index contributed by atoms with van der Waals surface area (Å²) < 4.78 is 16.5. The Labute approximate surface area is 186 Å². The van der Waals surface area contributed by atoms with E-state index < -0.39 is 0 Å². The van der Waals surface area contributed by atoms with E-state index in [4.69, 9.17) is 14.2 Å². The molecule has 1 aliphatic rings. The van der Waals surface area contributed by atoms with Crippen LogP contribution in [0.5, 0.6) is 17.2 Å². The molecule has 0 aliphatic carbocycles. The summed E-state index contributed by atoms with van der Waals surface area (Å²) in [5.41, 5.74) is 0.780. The van der Waals surface area contributed by atoms with Crippen LogP contribution in [0.3, 0.4) is 0 Å². The second-order valence-electron chi connectivity index (χ2n) is 9.85. The lowest BCUT2D eigenvalue weighted by atomic mass is 9.87. The Bertz CT molecular complexity index is 760. The van der Waals surface area contributed by atoms with Crippen LogP contribution in [-0.4, -0.2) is 57.7 Å². The SMILES string of the molecule is COc1cc(C2CN(C(=O)CC(C)(C)C)CC2C(=O)NCC(C)C)cc(OC)c1OC. The van der Waals surface area contributed by atoms with Gasteiger partial charge in [-0.2, -0.15) is 0 Å². The van der Waals surface area contributed by atoms with Crippen molar-refractivity contribution in [3.8, 4) is 17.2 Å². The van der Waals surface area contributed by atoms with Crippen LogP contribution in [-0.2, 0) is 9.59 Å². The molecule has 1 N–H and O–H groups in total. The Morgan fingerprint density at radius 3 is 2.10 bits per heavy atom. The van der Waals surface area contributed by atoms with Crippen LogP contribution in [0.4, 0.5) is 0 Å². The average molecular weight is 435 g/mol. The number of hydrogen-bond acceptors (Lipinski definition) is 5. The van der Waals surface area contributed by atoms with Gasteiger partial charge in [-0.3, -0.25) is 9.59 Å². The van der Waals surface area contributed by atoms with E-state index in [1.165, 1.54) is 0 Å². The highest BCUT2D eigenvalue weighted by Gasteiger charge is 2.41. The fraction of sp³-hybridized carbons (Fsp3) is 0.667. The van der Waals surface area contributed by atoms with E-state index in [9.17, 15) is 9.59 Å². The summed E-state index contributed by atoms with van der Waals surface area (Å²) in [7, 11) is 4.70. The van der Waals surface area contributed by atoms with Gasteiger partial charge in [0.2, 0.25) is 17.6 Å². The number of carbonyl (C=O) groups is 2. The van der Waals surface area contributed by atoms with E-state index in [2.05, 4.69) is 19.2 Å². The maximum absolute atomic E-state index is 13.1. The van der Waals surface area contributed by atoms with Gasteiger partial charge in [0.25, 0.3) is 0 Å². The molecule has 2 amide bonds. The molecule has 0 saturated carbocycles. The Balaban J connectivity index is 2.40. The van der Waals surface area contributed by atoms with Crippen LogP contribution in [0, 0.1) is 17.3 Å². The van der Waals surface area contributed by atoms with Crippen LogP contribution >= 0.6 is 0 Å². The quantitative estimate of drug-likeness (QED) is 0.678. The molecule has 7 nitrogen and oxygen atoms in total. The van der Waals surface area contributed by atoms with Gasteiger partial charge in [-0.1, -0.05) is 34.6 Å². The molecule has 1 aromatic rings. The number of methoxy groups -OCH3 is 3. The number of benzene rings is 1. The summed E-state index contributed by atoms with van der Waals surface area (Å²) >= 11 is 0. The van der Waals surface area contributed by atoms with E-state index in [0.29, 0.717) is 49.2 Å². The molecule has 0 aromatic heterocycles. The molecular weight excluding hydrogens is 396 g/mol. The number of rotatable bonds is 8. The third-order valence-electron chi connectivity index (χ3n) is 5.49. The van der Waals surface area contributed by atoms with Crippen LogP contribution in [0.1, 0.15) is 52.5 Å². The Kier molecular flexibility index (Phi) is 8.21. The van der Waals surface area contributed by atoms with E-state index >= 15 is 0 Å². The van der Waals surface area contributed by atoms with Crippen LogP contribution in [0.25, 0.3) is 0 Å². The largest absolute Gasteiger partial charge is 0.493 e. The van der Waals surface area contributed by atoms with Crippen molar-refractivity contribution in [2.75, 3.05) is 41.0 Å². The minimum Gasteiger partial charge on any atom is -0.493 e. The maximum Gasteiger partial charge on any atom is 0.225 e. The molecule has 0 bridgehead atoms. The summed E-state index contributed by atoms with van der Waals surface area (Å²) in [5, 5.41) is 3.05. The van der Waals surface area contributed by atoms with Gasteiger partial charge >= 0.3 is 0 Å². The zero-order chi connectivity index (χ0) is 23.3. The van der Waals surface area contributed by atoms with Crippen LogP contribution in [0.15, 0.2) is 12.1 Å². The molecule has 2 rings (SSSR count). The summed E-state index contributed by atoms with van der Waals surface area (Å²) in [6, 6.07) is 3.76. The van der Waals surface area contributed by atoms with E-state index in [0.717, 1.165) is 5.56 Å². The average Bonchev–Trinajstić information content (AvgIpc) is 3.15. The van der Waals surface area contributed by atoms with Crippen LogP contribution < -0.4 is 19.5 Å². The monoisotopic (exact) mass is 434 g/mol. The number of nitrogens with one attached hydrogen (secondary N) is 1. The summed E-state index contributed by atoms with van der Waals surface area (Å²) in [5.74, 6) is 1.48. The van der Waals surface area contributed by atoms with Gasteiger partial charge in [0.15, 0.2) is 11.5 Å². The first-order valence-corrected chi connectivity index (χ1v) is 10.9. The predicted octanol–water partition coefficient (Wildman–Crippen LogP) is 3.46. The van der Waals surface area contributed by atoms with Crippen molar-refractivity contribution in [3.05, 3.63) is 17.7 Å². The summed E-state index contributed by atoms with van der Waals surface area (Å²) in [6.45, 7) is 11.7. The molecular formula is C24H38N2O5. The lowest BCUT2D eigenvalue weighted by Gasteiger charge is -2.23. The first kappa shape index (κ1) is 24.8. The normalized spacial score (nSPS) is 18.8. The van der Waals surface area contributed by atoms with E-state index in [1.807, 2.05) is 37.8 Å². The highest BCUT2D eigenvalue weighted by atomic mass is 16.5. The van der Waals surface area contributed by atoms with E-state index in [1.54, 1.807) is 21.3 Å². The number of ether oxygens (including phenoxy) is 3. The molecule has 1 aliphatic heterocycles. The lowest BCUT2D eigenvalue weighted by molar-refractivity contribution is -0.132. The number of hydrogen-bond donors (Lipinski definition) is 1. The Morgan fingerprint density at radius 2 is 1.65 bits per heavy atom. The first-order chi connectivity index (χ1) is 14.5. The Morgan fingerprint density at radius 1 is 1.06 bits per heavy atom. The first-order valence-electron chi connectivity index (χ1n) is 10.9. The van der Waals surface area contributed by atoms with Crippen molar-refractivity contribution in [2.45, 2.75) is 47.0 Å². The van der Waals surface area contributed by atoms with Gasteiger partial charge in [0.05, 0.1) is 27.2 Å². The van der Waals surface area contributed by atoms with Gasteiger partial charge in [-0.15, -0.1) is 0 Å². The second kappa shape index (κ2) is 10.2. The maximum atomic E-state index is 13.1. The van der Waals surface area contributed by atoms with Gasteiger partial charge < -0.3 is 24.4 Å². The zero-order valence-corrected chi connectivity index (χ0v) is 20.2. The molecule has 1 heterocycles. The van der Waals surface area contributed by atoms with Crippen molar-refractivity contribution in [3.63, 3.8) is 0 Å². The molecule has 0 spiro atoms. The van der Waals surface area contributed by atoms with Gasteiger partial charge in [0.1, 0.15) is 0 Å². The molecule has 2 unspecified atom stereocenters. The predicted molar refractivity (Wildman–Crippen MR) is 121 cm³/mol. The van der Waals surface area contributed by atoms with Crippen molar-refractivity contribution >= 4 is 11.8 Å². The summed E-state index contributed by atoms with van der Waals surface area (Å²) in [6.07, 6.45) is 0.440. The van der Waals surface area contributed by atoms with Crippen molar-refractivity contribution in [1.29, 1.82) is 0 Å². The van der Waals surface area contributed by atoms with Gasteiger partial charge in [-0.25, -0.2) is 0 Å². The number of carbonyl (C=O) groups excluding carboxylic acids is 2. The standard InChI is InChI=1S/C24H38N2O5/c1-15(2)12-25-23(28)18-14-26(21(27)11-24(3,4)5)13-17(18)16-9-19(29-6)22(31-8)20(10-16)30-7/h9-10,15,17-18H,11-14H2,1-8H3,(H,25,28). The van der Waals surface area contributed by atoms with E-state index in [-0.39, 0.29) is 29.1 Å². The van der Waals surface area contributed by atoms with Crippen molar-refractivity contribution in [2.24, 2.45) is 17.3 Å². The highest BCUT2D eigenvalue weighted by Crippen LogP contribution is 2.43.